The molecule has 0 unspecified atom stereocenters. The monoisotopic (exact) mass is 231 g/mol. The van der Waals surface area contributed by atoms with Gasteiger partial charge < -0.3 is 5.73 Å². The van der Waals surface area contributed by atoms with Crippen LogP contribution in [0, 0.1) is 11.6 Å². The van der Waals surface area contributed by atoms with Gasteiger partial charge in [0.1, 0.15) is 11.6 Å². The van der Waals surface area contributed by atoms with Crippen molar-refractivity contribution in [2.45, 2.75) is 25.1 Å². The molecule has 4 heteroatoms. The molecule has 1 aromatic carbocycles. The fraction of sp³-hybridized carbons (Fsp3) is 0.455. The van der Waals surface area contributed by atoms with E-state index >= 15 is 0 Å². The number of nitrogens with two attached hydrogens (primary N) is 1. The normalized spacial score (nSPS) is 11.8. The topological polar surface area (TPSA) is 26.0 Å². The summed E-state index contributed by atoms with van der Waals surface area (Å²) in [7, 11) is 0. The third kappa shape index (κ3) is 4.18. The maximum Gasteiger partial charge on any atom is 0.130 e. The Morgan fingerprint density at radius 3 is 2.27 bits per heavy atom. The van der Waals surface area contributed by atoms with Crippen LogP contribution in [0.4, 0.5) is 8.78 Å². The maximum absolute atomic E-state index is 13.2. The number of halogens is 2. The fourth-order valence-electron chi connectivity index (χ4n) is 1.09. The van der Waals surface area contributed by atoms with Crippen molar-refractivity contribution in [3.05, 3.63) is 35.4 Å². The van der Waals surface area contributed by atoms with Crippen LogP contribution in [0.25, 0.3) is 0 Å². The third-order valence-electron chi connectivity index (χ3n) is 1.78. The van der Waals surface area contributed by atoms with E-state index in [1.54, 1.807) is 0 Å². The van der Waals surface area contributed by atoms with Gasteiger partial charge in [0, 0.05) is 22.6 Å². The van der Waals surface area contributed by atoms with Crippen LogP contribution in [0.3, 0.4) is 0 Å². The molecule has 0 aliphatic heterocycles. The molecule has 2 N–H and O–H groups in total. The Labute approximate surface area is 93.1 Å². The lowest BCUT2D eigenvalue weighted by Crippen LogP contribution is -2.34. The lowest BCUT2D eigenvalue weighted by Gasteiger charge is -2.17. The molecule has 15 heavy (non-hydrogen) atoms. The summed E-state index contributed by atoms with van der Waals surface area (Å²) in [6.07, 6.45) is 0. The minimum Gasteiger partial charge on any atom is -0.325 e. The zero-order chi connectivity index (χ0) is 11.5. The average Bonchev–Trinajstić information content (AvgIpc) is 2.08. The second-order valence-electron chi connectivity index (χ2n) is 4.18. The number of hydrogen-bond donors (Lipinski definition) is 1. The second kappa shape index (κ2) is 4.94. The van der Waals surface area contributed by atoms with Crippen molar-refractivity contribution in [3.8, 4) is 0 Å². The molecule has 0 aliphatic carbocycles. The molecular formula is C11H15F2NS. The van der Waals surface area contributed by atoms with Crippen molar-refractivity contribution in [2.75, 3.05) is 5.75 Å². The van der Waals surface area contributed by atoms with Gasteiger partial charge in [0.05, 0.1) is 0 Å². The van der Waals surface area contributed by atoms with Gasteiger partial charge in [0.15, 0.2) is 0 Å². The molecule has 0 fully saturated rings. The van der Waals surface area contributed by atoms with Gasteiger partial charge in [-0.2, -0.15) is 11.8 Å². The minimum absolute atomic E-state index is 0.131. The SMILES string of the molecule is CC(C)(N)CSCc1c(F)cccc1F. The Balaban J connectivity index is 2.58. The summed E-state index contributed by atoms with van der Waals surface area (Å²) in [4.78, 5) is 0. The number of rotatable bonds is 4. The van der Waals surface area contributed by atoms with Gasteiger partial charge in [0.2, 0.25) is 0 Å². The molecule has 0 saturated carbocycles. The van der Waals surface area contributed by atoms with Crippen molar-refractivity contribution in [2.24, 2.45) is 5.73 Å². The highest BCUT2D eigenvalue weighted by Crippen LogP contribution is 2.20. The van der Waals surface area contributed by atoms with Gasteiger partial charge in [0.25, 0.3) is 0 Å². The van der Waals surface area contributed by atoms with Crippen LogP contribution in [0.1, 0.15) is 19.4 Å². The zero-order valence-corrected chi connectivity index (χ0v) is 9.70. The minimum atomic E-state index is -0.489. The predicted molar refractivity (Wildman–Crippen MR) is 60.8 cm³/mol. The van der Waals surface area contributed by atoms with E-state index in [0.29, 0.717) is 11.5 Å². The van der Waals surface area contributed by atoms with E-state index in [0.717, 1.165) is 0 Å². The molecule has 0 atom stereocenters. The average molecular weight is 231 g/mol. The van der Waals surface area contributed by atoms with E-state index in [4.69, 9.17) is 5.73 Å². The standard InChI is InChI=1S/C11H15F2NS/c1-11(2,14)7-15-6-8-9(12)4-3-5-10(8)13/h3-5H,6-7,14H2,1-2H3. The molecule has 0 saturated heterocycles. The highest BCUT2D eigenvalue weighted by molar-refractivity contribution is 7.98. The van der Waals surface area contributed by atoms with Crippen LogP contribution in [-0.4, -0.2) is 11.3 Å². The Bertz CT molecular complexity index is 314. The molecule has 0 bridgehead atoms. The molecule has 0 aromatic heterocycles. The van der Waals surface area contributed by atoms with Gasteiger partial charge in [-0.15, -0.1) is 0 Å². The molecule has 0 heterocycles. The Morgan fingerprint density at radius 2 is 1.80 bits per heavy atom. The molecule has 1 rings (SSSR count). The second-order valence-corrected chi connectivity index (χ2v) is 5.17. The van der Waals surface area contributed by atoms with E-state index in [9.17, 15) is 8.78 Å². The first kappa shape index (κ1) is 12.5. The van der Waals surface area contributed by atoms with Crippen molar-refractivity contribution < 1.29 is 8.78 Å². The van der Waals surface area contributed by atoms with Gasteiger partial charge >= 0.3 is 0 Å². The highest BCUT2D eigenvalue weighted by Gasteiger charge is 2.13. The Morgan fingerprint density at radius 1 is 1.27 bits per heavy atom. The fourth-order valence-corrected chi connectivity index (χ4v) is 2.19. The summed E-state index contributed by atoms with van der Waals surface area (Å²) < 4.78 is 26.4. The van der Waals surface area contributed by atoms with Gasteiger partial charge in [-0.25, -0.2) is 8.78 Å². The van der Waals surface area contributed by atoms with Crippen LogP contribution < -0.4 is 5.73 Å². The van der Waals surface area contributed by atoms with Crippen LogP contribution in [0.5, 0.6) is 0 Å². The molecule has 84 valence electrons. The molecule has 0 spiro atoms. The quantitative estimate of drug-likeness (QED) is 0.862. The zero-order valence-electron chi connectivity index (χ0n) is 8.89. The number of thioether (sulfide) groups is 1. The molecule has 0 radical (unpaired) electrons. The summed E-state index contributed by atoms with van der Waals surface area (Å²) in [6, 6.07) is 3.91. The highest BCUT2D eigenvalue weighted by atomic mass is 32.2. The lowest BCUT2D eigenvalue weighted by molar-refractivity contribution is 0.565. The first-order valence-corrected chi connectivity index (χ1v) is 5.85. The number of benzene rings is 1. The molecular weight excluding hydrogens is 216 g/mol. The van der Waals surface area contributed by atoms with Crippen LogP contribution >= 0.6 is 11.8 Å². The molecule has 1 aromatic rings. The van der Waals surface area contributed by atoms with Crippen LogP contribution in [0.2, 0.25) is 0 Å². The lowest BCUT2D eigenvalue weighted by atomic mass is 10.1. The smallest absolute Gasteiger partial charge is 0.130 e. The maximum atomic E-state index is 13.2. The van der Waals surface area contributed by atoms with Crippen molar-refractivity contribution in [1.29, 1.82) is 0 Å². The summed E-state index contributed by atoms with van der Waals surface area (Å²) in [5.41, 5.74) is 5.59. The van der Waals surface area contributed by atoms with Crippen LogP contribution in [-0.2, 0) is 5.75 Å². The first-order valence-electron chi connectivity index (χ1n) is 4.70. The van der Waals surface area contributed by atoms with Crippen molar-refractivity contribution in [1.82, 2.24) is 0 Å². The third-order valence-corrected chi connectivity index (χ3v) is 3.22. The molecule has 1 nitrogen and oxygen atoms in total. The van der Waals surface area contributed by atoms with E-state index in [1.807, 2.05) is 13.8 Å². The van der Waals surface area contributed by atoms with Crippen LogP contribution in [0.15, 0.2) is 18.2 Å². The Kier molecular flexibility index (Phi) is 4.11. The van der Waals surface area contributed by atoms with Crippen molar-refractivity contribution >= 4 is 11.8 Å². The van der Waals surface area contributed by atoms with Crippen molar-refractivity contribution in [3.63, 3.8) is 0 Å². The molecule has 0 aliphatic rings. The predicted octanol–water partition coefficient (Wildman–Crippen LogP) is 2.94. The van der Waals surface area contributed by atoms with E-state index < -0.39 is 11.6 Å². The summed E-state index contributed by atoms with van der Waals surface area (Å²) in [6.45, 7) is 3.77. The van der Waals surface area contributed by atoms with Gasteiger partial charge in [-0.05, 0) is 26.0 Å². The summed E-state index contributed by atoms with van der Waals surface area (Å²) in [5, 5.41) is 0. The van der Waals surface area contributed by atoms with Gasteiger partial charge in [-0.3, -0.25) is 0 Å². The first-order chi connectivity index (χ1) is 6.90. The molecule has 0 amide bonds. The van der Waals surface area contributed by atoms with E-state index in [1.165, 1.54) is 30.0 Å². The van der Waals surface area contributed by atoms with E-state index in [-0.39, 0.29) is 11.1 Å². The largest absolute Gasteiger partial charge is 0.325 e. The number of hydrogen-bond acceptors (Lipinski definition) is 2. The van der Waals surface area contributed by atoms with Gasteiger partial charge in [-0.1, -0.05) is 6.07 Å². The summed E-state index contributed by atoms with van der Waals surface area (Å²) >= 11 is 1.44. The Hall–Kier alpha value is -0.610. The summed E-state index contributed by atoms with van der Waals surface area (Å²) in [5.74, 6) is 0.00885. The van der Waals surface area contributed by atoms with E-state index in [2.05, 4.69) is 0 Å².